The maximum absolute atomic E-state index is 11.0. The number of methoxy groups -OCH3 is 1. The Hall–Kier alpha value is -2.65. The summed E-state index contributed by atoms with van der Waals surface area (Å²) in [5.41, 5.74) is 2.68. The Morgan fingerprint density at radius 1 is 0.870 bits per heavy atom. The lowest BCUT2D eigenvalue weighted by atomic mass is 9.86. The largest absolute Gasteiger partial charge is 0.497 e. The molecule has 2 unspecified atom stereocenters. The number of aliphatic hydroxyl groups is 1. The molecular formula is C20H19NO2. The highest BCUT2D eigenvalue weighted by Crippen LogP contribution is 2.36. The molecule has 0 aliphatic carbocycles. The van der Waals surface area contributed by atoms with Gasteiger partial charge in [0, 0.05) is 6.20 Å². The van der Waals surface area contributed by atoms with Crippen molar-refractivity contribution in [3.8, 4) is 5.75 Å². The average Bonchev–Trinajstić information content (AvgIpc) is 2.64. The van der Waals surface area contributed by atoms with Crippen LogP contribution >= 0.6 is 0 Å². The predicted octanol–water partition coefficient (Wildman–Crippen LogP) is 3.96. The van der Waals surface area contributed by atoms with Crippen molar-refractivity contribution in [1.29, 1.82) is 0 Å². The lowest BCUT2D eigenvalue weighted by molar-refractivity contribution is 0.157. The summed E-state index contributed by atoms with van der Waals surface area (Å²) >= 11 is 0. The Morgan fingerprint density at radius 3 is 2.30 bits per heavy atom. The number of rotatable bonds is 5. The summed E-state index contributed by atoms with van der Waals surface area (Å²) in [6, 6.07) is 23.2. The third-order valence-electron chi connectivity index (χ3n) is 3.92. The number of aromatic nitrogens is 1. The smallest absolute Gasteiger partial charge is 0.119 e. The molecule has 0 saturated heterocycles. The van der Waals surface area contributed by atoms with Crippen LogP contribution in [-0.4, -0.2) is 17.2 Å². The lowest BCUT2D eigenvalue weighted by Gasteiger charge is -2.23. The van der Waals surface area contributed by atoms with Crippen LogP contribution in [0.1, 0.15) is 28.8 Å². The maximum Gasteiger partial charge on any atom is 0.119 e. The Balaban J connectivity index is 2.04. The molecule has 23 heavy (non-hydrogen) atoms. The molecule has 0 aliphatic rings. The number of benzene rings is 2. The number of pyridine rings is 1. The molecule has 1 aromatic heterocycles. The fraction of sp³-hybridized carbons (Fsp3) is 0.150. The second kappa shape index (κ2) is 7.07. The van der Waals surface area contributed by atoms with Gasteiger partial charge < -0.3 is 9.84 Å². The second-order valence-electron chi connectivity index (χ2n) is 5.36. The molecule has 2 aromatic carbocycles. The van der Waals surface area contributed by atoms with E-state index in [0.717, 1.165) is 22.6 Å². The van der Waals surface area contributed by atoms with Crippen LogP contribution in [0.4, 0.5) is 0 Å². The highest BCUT2D eigenvalue weighted by atomic mass is 16.5. The Labute approximate surface area is 136 Å². The van der Waals surface area contributed by atoms with Gasteiger partial charge in [0.2, 0.25) is 0 Å². The van der Waals surface area contributed by atoms with Crippen molar-refractivity contribution < 1.29 is 9.84 Å². The first kappa shape index (κ1) is 15.3. The minimum atomic E-state index is -0.706. The van der Waals surface area contributed by atoms with Crippen molar-refractivity contribution in [3.05, 3.63) is 95.8 Å². The normalized spacial score (nSPS) is 13.3. The fourth-order valence-corrected chi connectivity index (χ4v) is 2.75. The zero-order valence-corrected chi connectivity index (χ0v) is 13.0. The van der Waals surface area contributed by atoms with Gasteiger partial charge in [-0.05, 0) is 35.4 Å². The molecule has 1 heterocycles. The molecule has 0 aliphatic heterocycles. The standard InChI is InChI=1S/C20H19NO2/c1-23-17-11-7-10-16(14-17)20(22)19(15-8-3-2-4-9-15)18-12-5-6-13-21-18/h2-14,19-20,22H,1H3. The van der Waals surface area contributed by atoms with E-state index in [1.54, 1.807) is 13.3 Å². The first-order valence-electron chi connectivity index (χ1n) is 7.57. The number of hydrogen-bond donors (Lipinski definition) is 1. The molecule has 1 N–H and O–H groups in total. The molecule has 3 aromatic rings. The number of ether oxygens (including phenoxy) is 1. The van der Waals surface area contributed by atoms with E-state index in [-0.39, 0.29) is 5.92 Å². The van der Waals surface area contributed by atoms with Crippen LogP contribution in [0.5, 0.6) is 5.75 Å². The van der Waals surface area contributed by atoms with Crippen LogP contribution in [0.3, 0.4) is 0 Å². The average molecular weight is 305 g/mol. The summed E-state index contributed by atoms with van der Waals surface area (Å²) in [7, 11) is 1.62. The minimum Gasteiger partial charge on any atom is -0.497 e. The molecule has 0 bridgehead atoms. The molecular weight excluding hydrogens is 286 g/mol. The maximum atomic E-state index is 11.0. The number of nitrogens with zero attached hydrogens (tertiary/aromatic N) is 1. The quantitative estimate of drug-likeness (QED) is 0.776. The summed E-state index contributed by atoms with van der Waals surface area (Å²) in [6.45, 7) is 0. The highest BCUT2D eigenvalue weighted by Gasteiger charge is 2.25. The van der Waals surface area contributed by atoms with Crippen molar-refractivity contribution in [2.75, 3.05) is 7.11 Å². The first-order valence-corrected chi connectivity index (χ1v) is 7.57. The molecule has 0 radical (unpaired) electrons. The second-order valence-corrected chi connectivity index (χ2v) is 5.36. The third kappa shape index (κ3) is 3.41. The van der Waals surface area contributed by atoms with Gasteiger partial charge in [-0.25, -0.2) is 0 Å². The van der Waals surface area contributed by atoms with E-state index in [1.807, 2.05) is 72.8 Å². The van der Waals surface area contributed by atoms with Crippen molar-refractivity contribution in [3.63, 3.8) is 0 Å². The topological polar surface area (TPSA) is 42.4 Å². The van der Waals surface area contributed by atoms with Crippen LogP contribution in [0.15, 0.2) is 79.0 Å². The van der Waals surface area contributed by atoms with Gasteiger partial charge in [0.25, 0.3) is 0 Å². The van der Waals surface area contributed by atoms with E-state index in [9.17, 15) is 5.11 Å². The lowest BCUT2D eigenvalue weighted by Crippen LogP contribution is -2.14. The molecule has 0 saturated carbocycles. The molecule has 3 nitrogen and oxygen atoms in total. The summed E-state index contributed by atoms with van der Waals surface area (Å²) < 4.78 is 5.27. The van der Waals surface area contributed by atoms with Crippen LogP contribution in [0, 0.1) is 0 Å². The van der Waals surface area contributed by atoms with Crippen LogP contribution < -0.4 is 4.74 Å². The Morgan fingerprint density at radius 2 is 1.61 bits per heavy atom. The molecule has 0 spiro atoms. The van der Waals surface area contributed by atoms with Gasteiger partial charge >= 0.3 is 0 Å². The van der Waals surface area contributed by atoms with E-state index in [4.69, 9.17) is 4.74 Å². The van der Waals surface area contributed by atoms with Crippen LogP contribution in [0.2, 0.25) is 0 Å². The van der Waals surface area contributed by atoms with Gasteiger partial charge in [-0.2, -0.15) is 0 Å². The number of hydrogen-bond acceptors (Lipinski definition) is 3. The highest BCUT2D eigenvalue weighted by molar-refractivity contribution is 5.36. The number of aliphatic hydroxyl groups excluding tert-OH is 1. The Kier molecular flexibility index (Phi) is 4.69. The van der Waals surface area contributed by atoms with Crippen molar-refractivity contribution in [2.24, 2.45) is 0 Å². The predicted molar refractivity (Wildman–Crippen MR) is 90.5 cm³/mol. The molecule has 3 rings (SSSR count). The summed E-state index contributed by atoms with van der Waals surface area (Å²) in [4.78, 5) is 4.45. The van der Waals surface area contributed by atoms with Crippen molar-refractivity contribution in [2.45, 2.75) is 12.0 Å². The van der Waals surface area contributed by atoms with Gasteiger partial charge in [0.05, 0.1) is 24.8 Å². The van der Waals surface area contributed by atoms with Gasteiger partial charge in [0.1, 0.15) is 5.75 Å². The van der Waals surface area contributed by atoms with Crippen molar-refractivity contribution in [1.82, 2.24) is 4.98 Å². The van der Waals surface area contributed by atoms with Crippen LogP contribution in [0.25, 0.3) is 0 Å². The van der Waals surface area contributed by atoms with E-state index in [0.29, 0.717) is 0 Å². The van der Waals surface area contributed by atoms with Gasteiger partial charge in [-0.1, -0.05) is 48.5 Å². The summed E-state index contributed by atoms with van der Waals surface area (Å²) in [6.07, 6.45) is 1.05. The SMILES string of the molecule is COc1cccc(C(O)C(c2ccccc2)c2ccccn2)c1. The van der Waals surface area contributed by atoms with E-state index in [2.05, 4.69) is 4.98 Å². The van der Waals surface area contributed by atoms with E-state index < -0.39 is 6.10 Å². The van der Waals surface area contributed by atoms with E-state index in [1.165, 1.54) is 0 Å². The first-order chi connectivity index (χ1) is 11.3. The summed E-state index contributed by atoms with van der Waals surface area (Å²) in [5, 5.41) is 11.0. The molecule has 0 amide bonds. The van der Waals surface area contributed by atoms with Gasteiger partial charge in [0.15, 0.2) is 0 Å². The van der Waals surface area contributed by atoms with Crippen molar-refractivity contribution >= 4 is 0 Å². The zero-order valence-electron chi connectivity index (χ0n) is 13.0. The molecule has 0 fully saturated rings. The minimum absolute atomic E-state index is 0.232. The third-order valence-corrected chi connectivity index (χ3v) is 3.92. The summed E-state index contributed by atoms with van der Waals surface area (Å²) in [5.74, 6) is 0.499. The van der Waals surface area contributed by atoms with Crippen LogP contribution in [-0.2, 0) is 0 Å². The molecule has 2 atom stereocenters. The fourth-order valence-electron chi connectivity index (χ4n) is 2.75. The Bertz CT molecular complexity index is 704. The van der Waals surface area contributed by atoms with E-state index >= 15 is 0 Å². The van der Waals surface area contributed by atoms with Gasteiger partial charge in [-0.3, -0.25) is 4.98 Å². The van der Waals surface area contributed by atoms with Gasteiger partial charge in [-0.15, -0.1) is 0 Å². The zero-order chi connectivity index (χ0) is 16.1. The molecule has 116 valence electrons. The monoisotopic (exact) mass is 305 g/mol. The molecule has 3 heteroatoms.